The van der Waals surface area contributed by atoms with Gasteiger partial charge in [-0.1, -0.05) is 38.2 Å². The monoisotopic (exact) mass is 309 g/mol. The molecule has 21 heavy (non-hydrogen) atoms. The lowest BCUT2D eigenvalue weighted by Crippen LogP contribution is -2.37. The molecule has 2 N–H and O–H groups in total. The van der Waals surface area contributed by atoms with Gasteiger partial charge in [-0.25, -0.2) is 13.1 Å². The van der Waals surface area contributed by atoms with E-state index in [4.69, 9.17) is 5.11 Å². The van der Waals surface area contributed by atoms with Crippen LogP contribution in [-0.2, 0) is 10.0 Å². The van der Waals surface area contributed by atoms with E-state index in [1.54, 1.807) is 18.2 Å². The van der Waals surface area contributed by atoms with Gasteiger partial charge in [-0.05, 0) is 37.5 Å². The van der Waals surface area contributed by atoms with Crippen LogP contribution in [0, 0.1) is 24.7 Å². The largest absolute Gasteiger partial charge is 0.384 e. The van der Waals surface area contributed by atoms with Gasteiger partial charge in [-0.3, -0.25) is 0 Å². The fraction of sp³-hybridized carbons (Fsp3) is 0.500. The Bertz CT molecular complexity index is 641. The third-order valence-corrected chi connectivity index (χ3v) is 5.18. The van der Waals surface area contributed by atoms with Crippen LogP contribution in [0.4, 0.5) is 0 Å². The van der Waals surface area contributed by atoms with E-state index >= 15 is 0 Å². The van der Waals surface area contributed by atoms with Crippen molar-refractivity contribution in [3.8, 4) is 11.8 Å². The first kappa shape index (κ1) is 17.7. The molecule has 0 aromatic heterocycles. The molecule has 5 heteroatoms. The Morgan fingerprint density at radius 3 is 2.57 bits per heavy atom. The fourth-order valence-corrected chi connectivity index (χ4v) is 3.38. The Balaban J connectivity index is 3.19. The zero-order valence-electron chi connectivity index (χ0n) is 13.0. The van der Waals surface area contributed by atoms with Gasteiger partial charge in [0, 0.05) is 11.6 Å². The summed E-state index contributed by atoms with van der Waals surface area (Å²) < 4.78 is 27.7. The summed E-state index contributed by atoms with van der Waals surface area (Å²) in [6, 6.07) is 4.86. The van der Waals surface area contributed by atoms with Gasteiger partial charge in [0.05, 0.1) is 4.90 Å². The molecule has 1 rings (SSSR count). The summed E-state index contributed by atoms with van der Waals surface area (Å²) in [7, 11) is -3.63. The van der Waals surface area contributed by atoms with E-state index in [0.29, 0.717) is 5.56 Å². The van der Waals surface area contributed by atoms with Crippen LogP contribution in [-0.4, -0.2) is 26.2 Å². The van der Waals surface area contributed by atoms with Crippen molar-refractivity contribution in [2.45, 2.75) is 45.1 Å². The van der Waals surface area contributed by atoms with Crippen molar-refractivity contribution in [1.29, 1.82) is 0 Å². The molecule has 1 aromatic carbocycles. The van der Waals surface area contributed by atoms with Gasteiger partial charge in [-0.2, -0.15) is 0 Å². The molecule has 1 aromatic rings. The van der Waals surface area contributed by atoms with Crippen molar-refractivity contribution >= 4 is 10.0 Å². The number of aliphatic hydroxyl groups is 1. The number of hydrogen-bond donors (Lipinski definition) is 2. The SMILES string of the molecule is CCC(C)C(C)NS(=O)(=O)c1ccc(C)cc1C#CCO. The highest BCUT2D eigenvalue weighted by molar-refractivity contribution is 7.89. The Kier molecular flexibility index (Phi) is 6.41. The van der Waals surface area contributed by atoms with Crippen molar-refractivity contribution in [2.75, 3.05) is 6.61 Å². The summed E-state index contributed by atoms with van der Waals surface area (Å²) >= 11 is 0. The lowest BCUT2D eigenvalue weighted by molar-refractivity contribution is 0.350. The Labute approximate surface area is 127 Å². The summed E-state index contributed by atoms with van der Waals surface area (Å²) in [4.78, 5) is 0.157. The molecule has 0 radical (unpaired) electrons. The number of benzene rings is 1. The fourth-order valence-electron chi connectivity index (χ4n) is 1.89. The number of rotatable bonds is 5. The number of hydrogen-bond acceptors (Lipinski definition) is 3. The molecule has 0 saturated heterocycles. The van der Waals surface area contributed by atoms with Crippen LogP contribution in [0.1, 0.15) is 38.3 Å². The second-order valence-electron chi connectivity index (χ2n) is 5.25. The Morgan fingerprint density at radius 2 is 2.00 bits per heavy atom. The summed E-state index contributed by atoms with van der Waals surface area (Å²) in [5.74, 6) is 5.46. The minimum absolute atomic E-state index is 0.153. The molecule has 2 unspecified atom stereocenters. The standard InChI is InChI=1S/C16H23NO3S/c1-5-13(3)14(4)17-21(19,20)16-9-8-12(2)11-15(16)7-6-10-18/h8-9,11,13-14,17-18H,5,10H2,1-4H3. The Morgan fingerprint density at radius 1 is 1.33 bits per heavy atom. The van der Waals surface area contributed by atoms with Crippen molar-refractivity contribution in [3.63, 3.8) is 0 Å². The number of aliphatic hydroxyl groups excluding tert-OH is 1. The highest BCUT2D eigenvalue weighted by Gasteiger charge is 2.22. The first-order valence-corrected chi connectivity index (χ1v) is 8.52. The minimum Gasteiger partial charge on any atom is -0.384 e. The molecule has 0 saturated carbocycles. The van der Waals surface area contributed by atoms with E-state index in [1.165, 1.54) is 0 Å². The van der Waals surface area contributed by atoms with Crippen molar-refractivity contribution in [3.05, 3.63) is 29.3 Å². The molecule has 0 aliphatic carbocycles. The maximum atomic E-state index is 12.5. The second kappa shape index (κ2) is 7.60. The molecule has 0 heterocycles. The molecule has 2 atom stereocenters. The highest BCUT2D eigenvalue weighted by atomic mass is 32.2. The number of sulfonamides is 1. The molecule has 0 amide bonds. The number of nitrogens with one attached hydrogen (secondary N) is 1. The van der Waals surface area contributed by atoms with Gasteiger partial charge in [0.15, 0.2) is 0 Å². The van der Waals surface area contributed by atoms with Crippen molar-refractivity contribution in [2.24, 2.45) is 5.92 Å². The number of aryl methyl sites for hydroxylation is 1. The van der Waals surface area contributed by atoms with Crippen LogP contribution in [0.15, 0.2) is 23.1 Å². The summed E-state index contributed by atoms with van der Waals surface area (Å²) in [6.45, 7) is 7.47. The topological polar surface area (TPSA) is 66.4 Å². The first-order chi connectivity index (χ1) is 9.81. The van der Waals surface area contributed by atoms with Crippen LogP contribution in [0.3, 0.4) is 0 Å². The average molecular weight is 309 g/mol. The summed E-state index contributed by atoms with van der Waals surface area (Å²) in [5, 5.41) is 8.80. The average Bonchev–Trinajstić information content (AvgIpc) is 2.43. The predicted octanol–water partition coefficient (Wildman–Crippen LogP) is 2.05. The molecular weight excluding hydrogens is 286 g/mol. The molecule has 0 bridgehead atoms. The van der Waals surface area contributed by atoms with E-state index in [-0.39, 0.29) is 23.5 Å². The Hall–Kier alpha value is -1.35. The molecular formula is C16H23NO3S. The van der Waals surface area contributed by atoms with E-state index in [1.807, 2.05) is 27.7 Å². The third-order valence-electron chi connectivity index (χ3n) is 3.57. The van der Waals surface area contributed by atoms with Gasteiger partial charge in [0.25, 0.3) is 0 Å². The molecule has 0 aliphatic heterocycles. The van der Waals surface area contributed by atoms with Gasteiger partial charge < -0.3 is 5.11 Å². The lowest BCUT2D eigenvalue weighted by atomic mass is 10.0. The van der Waals surface area contributed by atoms with Crippen LogP contribution in [0.25, 0.3) is 0 Å². The highest BCUT2D eigenvalue weighted by Crippen LogP contribution is 2.18. The quantitative estimate of drug-likeness (QED) is 0.818. The van der Waals surface area contributed by atoms with Crippen LogP contribution < -0.4 is 4.72 Å². The maximum Gasteiger partial charge on any atom is 0.242 e. The van der Waals surface area contributed by atoms with Gasteiger partial charge in [0.2, 0.25) is 10.0 Å². The third kappa shape index (κ3) is 4.85. The van der Waals surface area contributed by atoms with Crippen LogP contribution in [0.2, 0.25) is 0 Å². The zero-order chi connectivity index (χ0) is 16.0. The first-order valence-electron chi connectivity index (χ1n) is 7.04. The molecule has 116 valence electrons. The lowest BCUT2D eigenvalue weighted by Gasteiger charge is -2.20. The van der Waals surface area contributed by atoms with Gasteiger partial charge >= 0.3 is 0 Å². The van der Waals surface area contributed by atoms with Crippen LogP contribution in [0.5, 0.6) is 0 Å². The molecule has 4 nitrogen and oxygen atoms in total. The predicted molar refractivity (Wildman–Crippen MR) is 84.4 cm³/mol. The van der Waals surface area contributed by atoms with Crippen LogP contribution >= 0.6 is 0 Å². The summed E-state index contributed by atoms with van der Waals surface area (Å²) in [5.41, 5.74) is 1.33. The van der Waals surface area contributed by atoms with E-state index in [0.717, 1.165) is 12.0 Å². The zero-order valence-corrected chi connectivity index (χ0v) is 13.8. The van der Waals surface area contributed by atoms with Crippen molar-refractivity contribution < 1.29 is 13.5 Å². The van der Waals surface area contributed by atoms with E-state index < -0.39 is 10.0 Å². The minimum atomic E-state index is -3.63. The normalized spacial score (nSPS) is 14.1. The van der Waals surface area contributed by atoms with Gasteiger partial charge in [-0.15, -0.1) is 0 Å². The van der Waals surface area contributed by atoms with Crippen molar-refractivity contribution in [1.82, 2.24) is 4.72 Å². The maximum absolute atomic E-state index is 12.5. The molecule has 0 spiro atoms. The molecule has 0 aliphatic rings. The van der Waals surface area contributed by atoms with Gasteiger partial charge in [0.1, 0.15) is 6.61 Å². The summed E-state index contributed by atoms with van der Waals surface area (Å²) in [6.07, 6.45) is 0.898. The smallest absolute Gasteiger partial charge is 0.242 e. The second-order valence-corrected chi connectivity index (χ2v) is 6.94. The molecule has 0 fully saturated rings. The van der Waals surface area contributed by atoms with E-state index in [9.17, 15) is 8.42 Å². The van der Waals surface area contributed by atoms with E-state index in [2.05, 4.69) is 16.6 Å².